The van der Waals surface area contributed by atoms with Gasteiger partial charge in [0.2, 0.25) is 11.8 Å². The second-order valence-corrected chi connectivity index (χ2v) is 12.7. The molecule has 1 N–H and O–H groups in total. The van der Waals surface area contributed by atoms with Gasteiger partial charge in [-0.1, -0.05) is 67.9 Å². The van der Waals surface area contributed by atoms with E-state index in [4.69, 9.17) is 0 Å². The number of nitrogens with one attached hydrogen (secondary N) is 1. The molecule has 0 aliphatic heterocycles. The Labute approximate surface area is 239 Å². The van der Waals surface area contributed by atoms with E-state index in [0.29, 0.717) is 12.2 Å². The molecule has 8 heteroatoms. The molecule has 3 aromatic carbocycles. The largest absolute Gasteiger partial charge is 0.354 e. The number of rotatable bonds is 11. The maximum Gasteiger partial charge on any atom is 0.264 e. The van der Waals surface area contributed by atoms with Gasteiger partial charge in [0, 0.05) is 13.1 Å². The number of sulfonamides is 1. The fourth-order valence-electron chi connectivity index (χ4n) is 4.36. The van der Waals surface area contributed by atoms with Crippen LogP contribution in [0.15, 0.2) is 71.6 Å². The van der Waals surface area contributed by atoms with E-state index in [1.54, 1.807) is 43.3 Å². The molecule has 3 aromatic rings. The SMILES string of the molecule is Cc1ccc(S(=O)(=O)N(CC(=O)N(Cc2ccccc2C)[C@@H](C)C(=O)NCC(C)C)c2cccc(C)c2C)cc1. The van der Waals surface area contributed by atoms with E-state index in [-0.39, 0.29) is 23.3 Å². The molecular formula is C32H41N3O4S. The van der Waals surface area contributed by atoms with Crippen LogP contribution in [0, 0.1) is 33.6 Å². The minimum atomic E-state index is -4.10. The molecule has 0 fully saturated rings. The maximum absolute atomic E-state index is 14.1. The predicted octanol–water partition coefficient (Wildman–Crippen LogP) is 5.31. The Morgan fingerprint density at radius 3 is 2.08 bits per heavy atom. The molecule has 0 saturated heterocycles. The van der Waals surface area contributed by atoms with Crippen LogP contribution in [0.3, 0.4) is 0 Å². The summed E-state index contributed by atoms with van der Waals surface area (Å²) in [4.78, 5) is 28.8. The van der Waals surface area contributed by atoms with Gasteiger partial charge in [-0.05, 0) is 81.0 Å². The molecule has 0 saturated carbocycles. The number of carbonyl (C=O) groups excluding carboxylic acids is 2. The molecule has 0 bridgehead atoms. The van der Waals surface area contributed by atoms with Crippen molar-refractivity contribution >= 4 is 27.5 Å². The molecule has 0 heterocycles. The summed E-state index contributed by atoms with van der Waals surface area (Å²) < 4.78 is 29.2. The first-order valence-electron chi connectivity index (χ1n) is 13.6. The number of anilines is 1. The zero-order chi connectivity index (χ0) is 29.6. The van der Waals surface area contributed by atoms with E-state index >= 15 is 0 Å². The summed E-state index contributed by atoms with van der Waals surface area (Å²) in [5, 5.41) is 2.92. The highest BCUT2D eigenvalue weighted by molar-refractivity contribution is 7.92. The van der Waals surface area contributed by atoms with Gasteiger partial charge < -0.3 is 10.2 Å². The fraction of sp³-hybridized carbons (Fsp3) is 0.375. The fourth-order valence-corrected chi connectivity index (χ4v) is 5.83. The summed E-state index contributed by atoms with van der Waals surface area (Å²) in [6.45, 7) is 13.5. The van der Waals surface area contributed by atoms with Gasteiger partial charge in [-0.2, -0.15) is 0 Å². The van der Waals surface area contributed by atoms with Crippen LogP contribution in [0.25, 0.3) is 0 Å². The number of benzene rings is 3. The second kappa shape index (κ2) is 13.1. The van der Waals surface area contributed by atoms with Crippen molar-refractivity contribution in [2.75, 3.05) is 17.4 Å². The molecule has 0 aliphatic carbocycles. The summed E-state index contributed by atoms with van der Waals surface area (Å²) in [6.07, 6.45) is 0. The van der Waals surface area contributed by atoms with Crippen molar-refractivity contribution in [3.05, 3.63) is 94.5 Å². The number of aryl methyl sites for hydroxylation is 3. The molecule has 40 heavy (non-hydrogen) atoms. The molecule has 214 valence electrons. The molecule has 2 amide bonds. The van der Waals surface area contributed by atoms with Gasteiger partial charge in [-0.15, -0.1) is 0 Å². The van der Waals surface area contributed by atoms with Crippen molar-refractivity contribution in [1.82, 2.24) is 10.2 Å². The average Bonchev–Trinajstić information content (AvgIpc) is 2.91. The van der Waals surface area contributed by atoms with E-state index in [2.05, 4.69) is 5.32 Å². The number of hydrogen-bond acceptors (Lipinski definition) is 4. The van der Waals surface area contributed by atoms with Crippen molar-refractivity contribution in [2.45, 2.75) is 65.9 Å². The number of nitrogens with zero attached hydrogens (tertiary/aromatic N) is 2. The zero-order valence-electron chi connectivity index (χ0n) is 24.6. The first-order chi connectivity index (χ1) is 18.8. The predicted molar refractivity (Wildman–Crippen MR) is 161 cm³/mol. The van der Waals surface area contributed by atoms with Crippen molar-refractivity contribution in [3.8, 4) is 0 Å². The quantitative estimate of drug-likeness (QED) is 0.343. The molecule has 1 atom stereocenters. The van der Waals surface area contributed by atoms with Crippen LogP contribution < -0.4 is 9.62 Å². The smallest absolute Gasteiger partial charge is 0.264 e. The highest BCUT2D eigenvalue weighted by Crippen LogP contribution is 2.29. The second-order valence-electron chi connectivity index (χ2n) is 10.8. The van der Waals surface area contributed by atoms with Crippen molar-refractivity contribution in [1.29, 1.82) is 0 Å². The van der Waals surface area contributed by atoms with Gasteiger partial charge in [-0.3, -0.25) is 13.9 Å². The Morgan fingerprint density at radius 1 is 0.825 bits per heavy atom. The van der Waals surface area contributed by atoms with Gasteiger partial charge >= 0.3 is 0 Å². The van der Waals surface area contributed by atoms with Gasteiger partial charge in [0.15, 0.2) is 0 Å². The van der Waals surface area contributed by atoms with Gasteiger partial charge in [0.25, 0.3) is 10.0 Å². The van der Waals surface area contributed by atoms with Crippen LogP contribution in [0.5, 0.6) is 0 Å². The lowest BCUT2D eigenvalue weighted by Crippen LogP contribution is -2.51. The van der Waals surface area contributed by atoms with Crippen LogP contribution in [0.4, 0.5) is 5.69 Å². The minimum Gasteiger partial charge on any atom is -0.354 e. The minimum absolute atomic E-state index is 0.0972. The molecule has 0 aromatic heterocycles. The van der Waals surface area contributed by atoms with Crippen LogP contribution in [0.1, 0.15) is 48.6 Å². The van der Waals surface area contributed by atoms with E-state index in [1.807, 2.05) is 71.9 Å². The van der Waals surface area contributed by atoms with E-state index in [1.165, 1.54) is 9.21 Å². The molecule has 0 aliphatic rings. The normalized spacial score (nSPS) is 12.2. The monoisotopic (exact) mass is 563 g/mol. The van der Waals surface area contributed by atoms with Crippen molar-refractivity contribution < 1.29 is 18.0 Å². The van der Waals surface area contributed by atoms with Gasteiger partial charge in [-0.25, -0.2) is 8.42 Å². The van der Waals surface area contributed by atoms with E-state index < -0.39 is 28.5 Å². The molecule has 3 rings (SSSR count). The van der Waals surface area contributed by atoms with E-state index in [0.717, 1.165) is 27.8 Å². The first kappa shape index (κ1) is 30.9. The first-order valence-corrected chi connectivity index (χ1v) is 15.0. The number of hydrogen-bond donors (Lipinski definition) is 1. The van der Waals surface area contributed by atoms with Crippen LogP contribution >= 0.6 is 0 Å². The number of carbonyl (C=O) groups is 2. The Balaban J connectivity index is 2.07. The van der Waals surface area contributed by atoms with Crippen molar-refractivity contribution in [2.24, 2.45) is 5.92 Å². The average molecular weight is 564 g/mol. The molecular weight excluding hydrogens is 522 g/mol. The molecule has 0 radical (unpaired) electrons. The highest BCUT2D eigenvalue weighted by Gasteiger charge is 2.33. The lowest BCUT2D eigenvalue weighted by atomic mass is 10.1. The lowest BCUT2D eigenvalue weighted by molar-refractivity contribution is -0.139. The van der Waals surface area contributed by atoms with Crippen LogP contribution in [-0.2, 0) is 26.2 Å². The van der Waals surface area contributed by atoms with Gasteiger partial charge in [0.05, 0.1) is 10.6 Å². The molecule has 7 nitrogen and oxygen atoms in total. The Kier molecular flexibility index (Phi) is 10.1. The maximum atomic E-state index is 14.1. The third-order valence-corrected chi connectivity index (χ3v) is 8.96. The molecule has 0 spiro atoms. The summed E-state index contributed by atoms with van der Waals surface area (Å²) in [5.74, 6) is -0.501. The number of amides is 2. The summed E-state index contributed by atoms with van der Waals surface area (Å²) in [5.41, 5.74) is 4.90. The summed E-state index contributed by atoms with van der Waals surface area (Å²) in [7, 11) is -4.10. The van der Waals surface area contributed by atoms with Crippen LogP contribution in [0.2, 0.25) is 0 Å². The Hall–Kier alpha value is -3.65. The Morgan fingerprint density at radius 2 is 1.45 bits per heavy atom. The highest BCUT2D eigenvalue weighted by atomic mass is 32.2. The topological polar surface area (TPSA) is 86.8 Å². The van der Waals surface area contributed by atoms with Crippen LogP contribution in [-0.4, -0.2) is 44.3 Å². The Bertz CT molecular complexity index is 1450. The summed E-state index contributed by atoms with van der Waals surface area (Å²) in [6, 6.07) is 18.9. The third kappa shape index (κ3) is 7.30. The zero-order valence-corrected chi connectivity index (χ0v) is 25.4. The lowest BCUT2D eigenvalue weighted by Gasteiger charge is -2.33. The van der Waals surface area contributed by atoms with Crippen molar-refractivity contribution in [3.63, 3.8) is 0 Å². The molecule has 0 unspecified atom stereocenters. The van der Waals surface area contributed by atoms with Gasteiger partial charge in [0.1, 0.15) is 12.6 Å². The third-order valence-electron chi connectivity index (χ3n) is 7.19. The van der Waals surface area contributed by atoms with E-state index in [9.17, 15) is 18.0 Å². The summed E-state index contributed by atoms with van der Waals surface area (Å²) >= 11 is 0. The standard InChI is InChI=1S/C32H41N3O4S/c1-22(2)19-33-32(37)27(7)34(20-28-13-9-8-11-25(28)5)31(36)21-35(30-14-10-12-24(4)26(30)6)40(38,39)29-17-15-23(3)16-18-29/h8-18,22,27H,19-21H2,1-7H3,(H,33,37)/t27-/m0/s1.